The number of nitrogens with one attached hydrogen (secondary N) is 5. The number of rotatable bonds is 15. The molecule has 7 rings (SSSR count). The van der Waals surface area contributed by atoms with Crippen LogP contribution in [0, 0.1) is 6.92 Å². The van der Waals surface area contributed by atoms with Gasteiger partial charge in [0, 0.05) is 52.5 Å². The molecule has 2 aliphatic rings. The third-order valence-corrected chi connectivity index (χ3v) is 10.9. The van der Waals surface area contributed by atoms with Gasteiger partial charge in [-0.05, 0) is 68.1 Å². The molecule has 6 amide bonds. The summed E-state index contributed by atoms with van der Waals surface area (Å²) >= 11 is 1.50. The lowest BCUT2D eigenvalue weighted by Crippen LogP contribution is -2.54. The fourth-order valence-electron chi connectivity index (χ4n) is 6.87. The Bertz CT molecular complexity index is 2360. The largest absolute Gasteiger partial charge is 0.385 e. The molecule has 5 aromatic rings. The summed E-state index contributed by atoms with van der Waals surface area (Å²) in [6.45, 7) is 3.13. The van der Waals surface area contributed by atoms with Crippen LogP contribution in [-0.4, -0.2) is 64.5 Å². The van der Waals surface area contributed by atoms with Crippen molar-refractivity contribution in [3.63, 3.8) is 0 Å². The van der Waals surface area contributed by atoms with Gasteiger partial charge in [0.2, 0.25) is 11.8 Å². The Hall–Kier alpha value is -6.41. The first-order chi connectivity index (χ1) is 27.2. The Balaban J connectivity index is 0.866. The van der Waals surface area contributed by atoms with E-state index in [2.05, 4.69) is 31.6 Å². The molecule has 2 aromatic heterocycles. The molecule has 1 atom stereocenters. The minimum Gasteiger partial charge on any atom is -0.385 e. The van der Waals surface area contributed by atoms with Crippen molar-refractivity contribution >= 4 is 79.7 Å². The van der Waals surface area contributed by atoms with Crippen molar-refractivity contribution in [3.8, 4) is 0 Å². The van der Waals surface area contributed by atoms with E-state index in [1.807, 2.05) is 60.8 Å². The van der Waals surface area contributed by atoms with Crippen LogP contribution in [0.4, 0.5) is 22.9 Å². The summed E-state index contributed by atoms with van der Waals surface area (Å²) in [6, 6.07) is 21.1. The topological polar surface area (TPSA) is 179 Å². The second kappa shape index (κ2) is 16.9. The number of benzene rings is 3. The molecule has 0 saturated carbocycles. The number of thiophene rings is 1. The number of imide groups is 2. The quantitative estimate of drug-likeness (QED) is 0.0566. The van der Waals surface area contributed by atoms with Gasteiger partial charge in [-0.2, -0.15) is 0 Å². The van der Waals surface area contributed by atoms with E-state index >= 15 is 0 Å². The van der Waals surface area contributed by atoms with Gasteiger partial charge < -0.3 is 21.3 Å². The molecule has 56 heavy (non-hydrogen) atoms. The van der Waals surface area contributed by atoms with E-state index in [9.17, 15) is 28.8 Å². The van der Waals surface area contributed by atoms with E-state index in [1.165, 1.54) is 17.5 Å². The normalized spacial score (nSPS) is 15.1. The van der Waals surface area contributed by atoms with Crippen molar-refractivity contribution in [2.45, 2.75) is 57.9 Å². The minimum absolute atomic E-state index is 0.0724. The summed E-state index contributed by atoms with van der Waals surface area (Å²) in [7, 11) is 0. The number of carbonyl (C=O) groups is 6. The minimum atomic E-state index is -0.994. The first kappa shape index (κ1) is 37.9. The predicted octanol–water partition coefficient (Wildman–Crippen LogP) is 6.79. The lowest BCUT2D eigenvalue weighted by Gasteiger charge is -2.27. The third-order valence-electron chi connectivity index (χ3n) is 9.93. The maximum Gasteiger partial charge on any atom is 0.262 e. The highest BCUT2D eigenvalue weighted by atomic mass is 32.1. The van der Waals surface area contributed by atoms with Crippen LogP contribution in [0.25, 0.3) is 10.1 Å². The SMILES string of the molecule is Cc1ccccc1Nc1ncc(C(=O)NCCCCCCCNc2ccc3c(c2)C(=O)N(C2CCC(=O)NC2=O)C3=O)cc1NC(=O)c1csc2ccccc12. The van der Waals surface area contributed by atoms with Crippen LogP contribution in [0.5, 0.6) is 0 Å². The fourth-order valence-corrected chi connectivity index (χ4v) is 7.81. The number of nitrogens with zero attached hydrogens (tertiary/aromatic N) is 2. The lowest BCUT2D eigenvalue weighted by atomic mass is 10.0. The summed E-state index contributed by atoms with van der Waals surface area (Å²) in [5, 5.41) is 17.5. The molecule has 3 aromatic carbocycles. The Labute approximate surface area is 327 Å². The molecule has 1 saturated heterocycles. The summed E-state index contributed by atoms with van der Waals surface area (Å²) in [4.78, 5) is 82.1. The molecular weight excluding hydrogens is 731 g/mol. The van der Waals surface area contributed by atoms with Gasteiger partial charge in [0.1, 0.15) is 6.04 Å². The number of anilines is 4. The molecule has 14 heteroatoms. The predicted molar refractivity (Wildman–Crippen MR) is 215 cm³/mol. The first-order valence-electron chi connectivity index (χ1n) is 18.7. The highest BCUT2D eigenvalue weighted by molar-refractivity contribution is 7.17. The Morgan fingerprint density at radius 2 is 1.59 bits per heavy atom. The Kier molecular flexibility index (Phi) is 11.5. The van der Waals surface area contributed by atoms with Crippen molar-refractivity contribution in [1.82, 2.24) is 20.5 Å². The number of hydrogen-bond acceptors (Lipinski definition) is 10. The lowest BCUT2D eigenvalue weighted by molar-refractivity contribution is -0.136. The Morgan fingerprint density at radius 3 is 2.41 bits per heavy atom. The van der Waals surface area contributed by atoms with Gasteiger partial charge in [-0.1, -0.05) is 55.7 Å². The van der Waals surface area contributed by atoms with E-state index in [4.69, 9.17) is 0 Å². The number of piperidine rings is 1. The van der Waals surface area contributed by atoms with Crippen LogP contribution >= 0.6 is 11.3 Å². The first-order valence-corrected chi connectivity index (χ1v) is 19.5. The second-order valence-electron chi connectivity index (χ2n) is 13.8. The van der Waals surface area contributed by atoms with E-state index < -0.39 is 29.7 Å². The zero-order chi connectivity index (χ0) is 39.2. The number of amides is 6. The molecule has 0 bridgehead atoms. The van der Waals surface area contributed by atoms with Gasteiger partial charge in [0.25, 0.3) is 23.6 Å². The standard InChI is InChI=1S/C42H41N7O6S/c1-25-11-5-7-13-32(25)46-37-33(47-39(52)31-24-56-35-14-8-6-12-28(31)35)21-26(23-45-37)38(51)44-20-10-4-2-3-9-19-43-27-15-16-29-30(22-27)42(55)49(41(29)54)34-17-18-36(50)48-40(34)53/h5-8,11-16,21-24,34,43H,2-4,9-10,17-20H2,1H3,(H,44,51)(H,45,46)(H,47,52)(H,48,50,53). The van der Waals surface area contributed by atoms with Gasteiger partial charge in [-0.25, -0.2) is 4.98 Å². The molecule has 5 N–H and O–H groups in total. The van der Waals surface area contributed by atoms with Crippen molar-refractivity contribution in [2.75, 3.05) is 29.0 Å². The number of hydrogen-bond donors (Lipinski definition) is 5. The van der Waals surface area contributed by atoms with Crippen LogP contribution in [0.2, 0.25) is 0 Å². The van der Waals surface area contributed by atoms with Gasteiger partial charge in [0.05, 0.1) is 27.9 Å². The van der Waals surface area contributed by atoms with Gasteiger partial charge in [-0.3, -0.25) is 39.0 Å². The summed E-state index contributed by atoms with van der Waals surface area (Å²) in [5.41, 5.74) is 4.31. The molecule has 1 unspecified atom stereocenters. The smallest absolute Gasteiger partial charge is 0.262 e. The van der Waals surface area contributed by atoms with E-state index in [1.54, 1.807) is 24.3 Å². The highest BCUT2D eigenvalue weighted by Crippen LogP contribution is 2.31. The maximum atomic E-state index is 13.5. The average molecular weight is 772 g/mol. The third kappa shape index (κ3) is 8.30. The summed E-state index contributed by atoms with van der Waals surface area (Å²) in [6.07, 6.45) is 6.19. The molecule has 0 spiro atoms. The molecule has 13 nitrogen and oxygen atoms in total. The molecule has 4 heterocycles. The van der Waals surface area contributed by atoms with E-state index in [-0.39, 0.29) is 35.8 Å². The number of carbonyl (C=O) groups excluding carboxylic acids is 6. The summed E-state index contributed by atoms with van der Waals surface area (Å²) in [5.74, 6) is -2.25. The van der Waals surface area contributed by atoms with Crippen LogP contribution in [-0.2, 0) is 9.59 Å². The number of fused-ring (bicyclic) bond motifs is 2. The van der Waals surface area contributed by atoms with E-state index in [0.717, 1.165) is 58.3 Å². The van der Waals surface area contributed by atoms with Crippen LogP contribution < -0.4 is 26.6 Å². The number of pyridine rings is 1. The number of para-hydroxylation sites is 1. The monoisotopic (exact) mass is 771 g/mol. The number of aryl methyl sites for hydroxylation is 1. The average Bonchev–Trinajstić information content (AvgIpc) is 3.73. The highest BCUT2D eigenvalue weighted by Gasteiger charge is 2.44. The number of unbranched alkanes of at least 4 members (excludes halogenated alkanes) is 4. The van der Waals surface area contributed by atoms with Crippen molar-refractivity contribution in [1.29, 1.82) is 0 Å². The molecule has 1 fully saturated rings. The summed E-state index contributed by atoms with van der Waals surface area (Å²) < 4.78 is 1.01. The molecule has 286 valence electrons. The van der Waals surface area contributed by atoms with Crippen molar-refractivity contribution in [2.24, 2.45) is 0 Å². The molecular formula is C42H41N7O6S. The van der Waals surface area contributed by atoms with Gasteiger partial charge in [-0.15, -0.1) is 11.3 Å². The van der Waals surface area contributed by atoms with Crippen LogP contribution in [0.3, 0.4) is 0 Å². The zero-order valence-electron chi connectivity index (χ0n) is 30.8. The Morgan fingerprint density at radius 1 is 0.839 bits per heavy atom. The van der Waals surface area contributed by atoms with Gasteiger partial charge in [0.15, 0.2) is 5.82 Å². The van der Waals surface area contributed by atoms with Crippen molar-refractivity contribution in [3.05, 3.63) is 112 Å². The van der Waals surface area contributed by atoms with E-state index in [0.29, 0.717) is 41.4 Å². The van der Waals surface area contributed by atoms with Crippen LogP contribution in [0.1, 0.15) is 91.9 Å². The molecule has 0 aliphatic carbocycles. The van der Waals surface area contributed by atoms with Crippen molar-refractivity contribution < 1.29 is 28.8 Å². The maximum absolute atomic E-state index is 13.5. The molecule has 0 radical (unpaired) electrons. The zero-order valence-corrected chi connectivity index (χ0v) is 31.6. The second-order valence-corrected chi connectivity index (χ2v) is 14.7. The van der Waals surface area contributed by atoms with Gasteiger partial charge >= 0.3 is 0 Å². The fraction of sp³-hybridized carbons (Fsp3) is 0.262. The molecule has 2 aliphatic heterocycles. The van der Waals surface area contributed by atoms with Crippen LogP contribution in [0.15, 0.2) is 84.4 Å². The number of aromatic nitrogens is 1.